The van der Waals surface area contributed by atoms with Gasteiger partial charge in [-0.2, -0.15) is 5.26 Å². The molecule has 2 rings (SSSR count). The minimum absolute atomic E-state index is 0.121. The van der Waals surface area contributed by atoms with Crippen LogP contribution in [0.3, 0.4) is 0 Å². The average molecular weight is 496 g/mol. The summed E-state index contributed by atoms with van der Waals surface area (Å²) in [5, 5.41) is 12.6. The van der Waals surface area contributed by atoms with E-state index >= 15 is 0 Å². The van der Waals surface area contributed by atoms with E-state index < -0.39 is 5.91 Å². The van der Waals surface area contributed by atoms with Crippen LogP contribution in [0.5, 0.6) is 11.5 Å². The zero-order chi connectivity index (χ0) is 21.4. The Hall–Kier alpha value is -2.46. The molecule has 0 aliphatic rings. The maximum Gasteiger partial charge on any atom is 0.266 e. The number of amides is 1. The molecule has 0 atom stereocenters. The molecule has 0 unspecified atom stereocenters. The number of carbonyl (C=O) groups is 1. The summed E-state index contributed by atoms with van der Waals surface area (Å²) < 4.78 is 11.8. The van der Waals surface area contributed by atoms with Crippen molar-refractivity contribution < 1.29 is 14.3 Å². The highest BCUT2D eigenvalue weighted by atomic mass is 79.9. The normalized spacial score (nSPS) is 10.8. The third kappa shape index (κ3) is 6.01. The van der Waals surface area contributed by atoms with Gasteiger partial charge >= 0.3 is 0 Å². The number of nitrogens with one attached hydrogen (secondary N) is 1. The van der Waals surface area contributed by atoms with Crippen LogP contribution in [0, 0.1) is 11.3 Å². The van der Waals surface area contributed by atoms with Crippen molar-refractivity contribution in [2.45, 2.75) is 6.92 Å². The lowest BCUT2D eigenvalue weighted by Gasteiger charge is -2.13. The second-order valence-corrected chi connectivity index (χ2v) is 7.22. The van der Waals surface area contributed by atoms with Crippen molar-refractivity contribution in [1.82, 2.24) is 0 Å². The summed E-state index contributed by atoms with van der Waals surface area (Å²) in [6, 6.07) is 10.1. The Labute approximate surface area is 187 Å². The molecule has 0 aromatic heterocycles. The summed E-state index contributed by atoms with van der Waals surface area (Å²) in [4.78, 5) is 12.6. The Bertz CT molecular complexity index is 1000. The number of anilines is 1. The van der Waals surface area contributed by atoms with Crippen LogP contribution >= 0.6 is 39.1 Å². The number of ether oxygens (including phenoxy) is 2. The molecule has 2 aromatic carbocycles. The summed E-state index contributed by atoms with van der Waals surface area (Å²) in [6.45, 7) is 6.21. The molecule has 0 fully saturated rings. The highest BCUT2D eigenvalue weighted by Crippen LogP contribution is 2.35. The molecule has 0 saturated carbocycles. The quantitative estimate of drug-likeness (QED) is 0.266. The molecule has 0 aliphatic heterocycles. The fourth-order valence-corrected chi connectivity index (χ4v) is 3.07. The van der Waals surface area contributed by atoms with E-state index in [2.05, 4.69) is 27.8 Å². The molecule has 1 N–H and O–H groups in total. The summed E-state index contributed by atoms with van der Waals surface area (Å²) in [5.74, 6) is 0.386. The van der Waals surface area contributed by atoms with Gasteiger partial charge in [-0.1, -0.05) is 57.9 Å². The molecule has 8 heteroatoms. The molecule has 0 radical (unpaired) electrons. The lowest BCUT2D eigenvalue weighted by Crippen LogP contribution is -2.13. The van der Waals surface area contributed by atoms with Gasteiger partial charge < -0.3 is 14.8 Å². The molecule has 29 heavy (non-hydrogen) atoms. The zero-order valence-electron chi connectivity index (χ0n) is 15.5. The number of nitriles is 1. The molecule has 0 spiro atoms. The SMILES string of the molecule is C=CCOc1cc(Br)c(/C=C(\C#N)C(=O)Nc2cccc(Cl)c2Cl)cc1OCC. The number of hydrogen-bond acceptors (Lipinski definition) is 4. The largest absolute Gasteiger partial charge is 0.490 e. The van der Waals surface area contributed by atoms with Gasteiger partial charge in [-0.25, -0.2) is 0 Å². The van der Waals surface area contributed by atoms with Gasteiger partial charge in [0.2, 0.25) is 0 Å². The number of nitrogens with zero attached hydrogens (tertiary/aromatic N) is 1. The molecule has 0 saturated heterocycles. The Morgan fingerprint density at radius 1 is 1.31 bits per heavy atom. The number of hydrogen-bond donors (Lipinski definition) is 1. The molecule has 5 nitrogen and oxygen atoms in total. The maximum atomic E-state index is 12.6. The van der Waals surface area contributed by atoms with Crippen LogP contribution in [0.25, 0.3) is 6.08 Å². The average Bonchev–Trinajstić information content (AvgIpc) is 2.70. The molecule has 1 amide bonds. The molecule has 2 aromatic rings. The van der Waals surface area contributed by atoms with Crippen LogP contribution in [-0.4, -0.2) is 19.1 Å². The summed E-state index contributed by atoms with van der Waals surface area (Å²) in [7, 11) is 0. The second-order valence-electron chi connectivity index (χ2n) is 5.58. The van der Waals surface area contributed by atoms with Crippen LogP contribution in [-0.2, 0) is 4.79 Å². The van der Waals surface area contributed by atoms with Crippen molar-refractivity contribution >= 4 is 56.8 Å². The van der Waals surface area contributed by atoms with E-state index in [1.807, 2.05) is 13.0 Å². The van der Waals surface area contributed by atoms with Crippen molar-refractivity contribution in [2.24, 2.45) is 0 Å². The Morgan fingerprint density at radius 2 is 2.03 bits per heavy atom. The van der Waals surface area contributed by atoms with Crippen LogP contribution in [0.1, 0.15) is 12.5 Å². The lowest BCUT2D eigenvalue weighted by atomic mass is 10.1. The Morgan fingerprint density at radius 3 is 2.69 bits per heavy atom. The predicted molar refractivity (Wildman–Crippen MR) is 120 cm³/mol. The van der Waals surface area contributed by atoms with Crippen molar-refractivity contribution in [3.8, 4) is 17.6 Å². The Balaban J connectivity index is 2.37. The number of benzene rings is 2. The molecule has 0 aliphatic carbocycles. The Kier molecular flexibility index (Phi) is 8.59. The van der Waals surface area contributed by atoms with Gasteiger partial charge in [-0.15, -0.1) is 0 Å². The highest BCUT2D eigenvalue weighted by Gasteiger charge is 2.15. The minimum Gasteiger partial charge on any atom is -0.490 e. The zero-order valence-corrected chi connectivity index (χ0v) is 18.6. The third-order valence-electron chi connectivity index (χ3n) is 3.58. The number of rotatable bonds is 8. The summed E-state index contributed by atoms with van der Waals surface area (Å²) in [5.41, 5.74) is 0.764. The lowest BCUT2D eigenvalue weighted by molar-refractivity contribution is -0.112. The van der Waals surface area contributed by atoms with Gasteiger partial charge in [0, 0.05) is 4.47 Å². The molecular weight excluding hydrogens is 479 g/mol. The summed E-state index contributed by atoms with van der Waals surface area (Å²) >= 11 is 15.5. The molecule has 0 heterocycles. The van der Waals surface area contributed by atoms with Crippen LogP contribution < -0.4 is 14.8 Å². The van der Waals surface area contributed by atoms with Gasteiger partial charge in [-0.3, -0.25) is 4.79 Å². The molecule has 0 bridgehead atoms. The van der Waals surface area contributed by atoms with Gasteiger partial charge in [0.25, 0.3) is 5.91 Å². The van der Waals surface area contributed by atoms with E-state index in [1.54, 1.807) is 36.4 Å². The van der Waals surface area contributed by atoms with Crippen LogP contribution in [0.2, 0.25) is 10.0 Å². The minimum atomic E-state index is -0.617. The van der Waals surface area contributed by atoms with E-state index in [0.717, 1.165) is 0 Å². The summed E-state index contributed by atoms with van der Waals surface area (Å²) in [6.07, 6.45) is 3.06. The molecule has 150 valence electrons. The van der Waals surface area contributed by atoms with Crippen molar-refractivity contribution in [1.29, 1.82) is 5.26 Å². The first kappa shape index (κ1) is 22.8. The van der Waals surface area contributed by atoms with E-state index in [-0.39, 0.29) is 10.6 Å². The topological polar surface area (TPSA) is 71.3 Å². The molecular formula is C21H17BrCl2N2O3. The standard InChI is InChI=1S/C21H17BrCl2N2O3/c1-3-8-29-19-11-15(22)13(10-18(19)28-4-2)9-14(12-25)21(27)26-17-7-5-6-16(23)20(17)24/h3,5-7,9-11H,1,4,8H2,2H3,(H,26,27)/b14-9+. The van der Waals surface area contributed by atoms with Crippen molar-refractivity contribution in [3.05, 3.63) is 68.6 Å². The van der Waals surface area contributed by atoms with Crippen LogP contribution in [0.15, 0.2) is 53.0 Å². The monoisotopic (exact) mass is 494 g/mol. The van der Waals surface area contributed by atoms with Gasteiger partial charge in [0.15, 0.2) is 11.5 Å². The second kappa shape index (κ2) is 10.9. The fourth-order valence-electron chi connectivity index (χ4n) is 2.29. The van der Waals surface area contributed by atoms with E-state index in [1.165, 1.54) is 6.08 Å². The van der Waals surface area contributed by atoms with E-state index in [0.29, 0.717) is 45.5 Å². The first-order valence-corrected chi connectivity index (χ1v) is 10.0. The van der Waals surface area contributed by atoms with Gasteiger partial charge in [0.1, 0.15) is 18.2 Å². The third-order valence-corrected chi connectivity index (χ3v) is 5.09. The first-order chi connectivity index (χ1) is 13.9. The van der Waals surface area contributed by atoms with Gasteiger partial charge in [-0.05, 0) is 42.8 Å². The van der Waals surface area contributed by atoms with E-state index in [9.17, 15) is 10.1 Å². The van der Waals surface area contributed by atoms with Crippen LogP contribution in [0.4, 0.5) is 5.69 Å². The number of halogens is 3. The maximum absolute atomic E-state index is 12.6. The predicted octanol–water partition coefficient (Wildman–Crippen LogP) is 6.27. The van der Waals surface area contributed by atoms with Gasteiger partial charge in [0.05, 0.1) is 22.3 Å². The van der Waals surface area contributed by atoms with Crippen molar-refractivity contribution in [3.63, 3.8) is 0 Å². The fraction of sp³-hybridized carbons (Fsp3) is 0.143. The van der Waals surface area contributed by atoms with Crippen molar-refractivity contribution in [2.75, 3.05) is 18.5 Å². The van der Waals surface area contributed by atoms with E-state index in [4.69, 9.17) is 32.7 Å². The first-order valence-electron chi connectivity index (χ1n) is 8.48. The number of carbonyl (C=O) groups excluding carboxylic acids is 1. The highest BCUT2D eigenvalue weighted by molar-refractivity contribution is 9.10. The smallest absolute Gasteiger partial charge is 0.266 e.